The number of fused-ring (bicyclic) bond motifs is 1. The lowest BCUT2D eigenvalue weighted by Crippen LogP contribution is -2.47. The molecule has 0 bridgehead atoms. The maximum atomic E-state index is 12.9. The van der Waals surface area contributed by atoms with Crippen LogP contribution in [-0.2, 0) is 14.8 Å². The van der Waals surface area contributed by atoms with E-state index in [0.717, 1.165) is 21.9 Å². The number of hydrogen-bond acceptors (Lipinski definition) is 6. The maximum absolute atomic E-state index is 12.9. The molecule has 2 aromatic rings. The van der Waals surface area contributed by atoms with Gasteiger partial charge in [0.1, 0.15) is 11.5 Å². The number of unbranched alkanes of at least 4 members (excludes halogenated alkanes) is 1. The molecule has 0 saturated heterocycles. The van der Waals surface area contributed by atoms with Gasteiger partial charge in [0.2, 0.25) is 16.1 Å². The zero-order chi connectivity index (χ0) is 19.8. The molecular formula is C18H22N2O6S. The largest absolute Gasteiger partial charge is 0.478 e. The van der Waals surface area contributed by atoms with Gasteiger partial charge >= 0.3 is 5.97 Å². The van der Waals surface area contributed by atoms with E-state index in [1.54, 1.807) is 32.0 Å². The van der Waals surface area contributed by atoms with Crippen molar-refractivity contribution in [3.8, 4) is 16.9 Å². The lowest BCUT2D eigenvalue weighted by atomic mass is 10.0. The zero-order valence-electron chi connectivity index (χ0n) is 15.4. The number of carboxylic acid groups (broad SMARTS) is 1. The van der Waals surface area contributed by atoms with Gasteiger partial charge in [0.25, 0.3) is 0 Å². The normalized spacial score (nSPS) is 16.7. The van der Waals surface area contributed by atoms with Crippen molar-refractivity contribution in [2.75, 3.05) is 16.6 Å². The summed E-state index contributed by atoms with van der Waals surface area (Å²) >= 11 is 0. The highest BCUT2D eigenvalue weighted by Crippen LogP contribution is 2.40. The third-order valence-electron chi connectivity index (χ3n) is 4.52. The first-order valence-electron chi connectivity index (χ1n) is 8.71. The molecule has 1 atom stereocenters. The predicted molar refractivity (Wildman–Crippen MR) is 99.5 cm³/mol. The molecule has 3 rings (SSSR count). The summed E-state index contributed by atoms with van der Waals surface area (Å²) in [6.45, 7) is 5.22. The van der Waals surface area contributed by atoms with Crippen LogP contribution in [0.4, 0.5) is 5.69 Å². The molecule has 1 aromatic heterocycles. The Morgan fingerprint density at radius 3 is 2.70 bits per heavy atom. The molecule has 1 aliphatic rings. The average Bonchev–Trinajstić information content (AvgIpc) is 2.97. The first-order valence-corrected chi connectivity index (χ1v) is 10.3. The summed E-state index contributed by atoms with van der Waals surface area (Å²) in [5.74, 6) is -0.409. The lowest BCUT2D eigenvalue weighted by molar-refractivity contribution is -0.144. The standard InChI is InChI=1S/C18H22N2O6S/c1-4-5-8-27(23,24)20-10-16(18(21)22)25-15-7-6-13(9-14(15)20)17-11(2)19-26-12(17)3/h6-7,9,16H,4-5,8,10H2,1-3H3,(H,21,22). The highest BCUT2D eigenvalue weighted by atomic mass is 32.2. The molecule has 0 spiro atoms. The van der Waals surface area contributed by atoms with Gasteiger partial charge in [0.15, 0.2) is 0 Å². The third kappa shape index (κ3) is 3.64. The Labute approximate surface area is 157 Å². The molecular weight excluding hydrogens is 372 g/mol. The second-order valence-corrected chi connectivity index (χ2v) is 8.54. The van der Waals surface area contributed by atoms with Crippen molar-refractivity contribution in [2.45, 2.75) is 39.7 Å². The van der Waals surface area contributed by atoms with E-state index in [1.807, 2.05) is 6.92 Å². The van der Waals surface area contributed by atoms with Gasteiger partial charge in [0, 0.05) is 5.56 Å². The Bertz CT molecular complexity index is 947. The fraction of sp³-hybridized carbons (Fsp3) is 0.444. The number of benzene rings is 1. The number of carboxylic acids is 1. The second kappa shape index (κ2) is 7.22. The van der Waals surface area contributed by atoms with Crippen LogP contribution >= 0.6 is 0 Å². The predicted octanol–water partition coefficient (Wildman–Crippen LogP) is 2.74. The molecule has 0 aliphatic carbocycles. The van der Waals surface area contributed by atoms with Crippen LogP contribution in [0.2, 0.25) is 0 Å². The van der Waals surface area contributed by atoms with Crippen molar-refractivity contribution < 1.29 is 27.6 Å². The minimum atomic E-state index is -3.68. The van der Waals surface area contributed by atoms with Gasteiger partial charge in [-0.2, -0.15) is 0 Å². The summed E-state index contributed by atoms with van der Waals surface area (Å²) in [5, 5.41) is 13.3. The number of nitrogens with zero attached hydrogens (tertiary/aromatic N) is 2. The van der Waals surface area contributed by atoms with Crippen LogP contribution in [0.3, 0.4) is 0 Å². The lowest BCUT2D eigenvalue weighted by Gasteiger charge is -2.34. The molecule has 1 N–H and O–H groups in total. The summed E-state index contributed by atoms with van der Waals surface area (Å²) < 4.78 is 37.6. The summed E-state index contributed by atoms with van der Waals surface area (Å²) in [5.41, 5.74) is 2.54. The molecule has 27 heavy (non-hydrogen) atoms. The number of ether oxygens (including phenoxy) is 1. The van der Waals surface area contributed by atoms with Gasteiger partial charge in [-0.15, -0.1) is 0 Å². The molecule has 0 amide bonds. The van der Waals surface area contributed by atoms with Crippen LogP contribution < -0.4 is 9.04 Å². The van der Waals surface area contributed by atoms with Crippen molar-refractivity contribution in [1.29, 1.82) is 0 Å². The molecule has 0 radical (unpaired) electrons. The van der Waals surface area contributed by atoms with Gasteiger partial charge in [-0.1, -0.05) is 24.6 Å². The minimum Gasteiger partial charge on any atom is -0.478 e. The summed E-state index contributed by atoms with van der Waals surface area (Å²) in [4.78, 5) is 11.4. The van der Waals surface area contributed by atoms with E-state index in [-0.39, 0.29) is 18.0 Å². The maximum Gasteiger partial charge on any atom is 0.346 e. The number of carbonyl (C=O) groups is 1. The SMILES string of the molecule is CCCCS(=O)(=O)N1CC(C(=O)O)Oc2ccc(-c3c(C)noc3C)cc21. The van der Waals surface area contributed by atoms with Gasteiger partial charge in [-0.25, -0.2) is 13.2 Å². The van der Waals surface area contributed by atoms with E-state index in [0.29, 0.717) is 23.6 Å². The third-order valence-corrected chi connectivity index (χ3v) is 6.34. The number of anilines is 1. The van der Waals surface area contributed by atoms with Gasteiger partial charge in [-0.05, 0) is 38.0 Å². The molecule has 9 heteroatoms. The fourth-order valence-electron chi connectivity index (χ4n) is 3.13. The molecule has 1 aliphatic heterocycles. The van der Waals surface area contributed by atoms with Crippen LogP contribution in [0.5, 0.6) is 5.75 Å². The van der Waals surface area contributed by atoms with Crippen molar-refractivity contribution in [3.05, 3.63) is 29.7 Å². The summed E-state index contributed by atoms with van der Waals surface area (Å²) in [6, 6.07) is 5.02. The Hall–Kier alpha value is -2.55. The molecule has 0 saturated carbocycles. The molecule has 0 fully saturated rings. The van der Waals surface area contributed by atoms with Gasteiger partial charge in [-0.3, -0.25) is 4.31 Å². The van der Waals surface area contributed by atoms with Gasteiger partial charge < -0.3 is 14.4 Å². The monoisotopic (exact) mass is 394 g/mol. The van der Waals surface area contributed by atoms with Crippen molar-refractivity contribution in [1.82, 2.24) is 5.16 Å². The van der Waals surface area contributed by atoms with Crippen LogP contribution in [0.1, 0.15) is 31.2 Å². The van der Waals surface area contributed by atoms with Crippen LogP contribution in [0.25, 0.3) is 11.1 Å². The van der Waals surface area contributed by atoms with Crippen molar-refractivity contribution in [3.63, 3.8) is 0 Å². The topological polar surface area (TPSA) is 110 Å². The number of rotatable bonds is 6. The number of hydrogen-bond donors (Lipinski definition) is 1. The first kappa shape index (κ1) is 19.2. The van der Waals surface area contributed by atoms with E-state index in [2.05, 4.69) is 5.16 Å². The van der Waals surface area contributed by atoms with E-state index in [1.165, 1.54) is 0 Å². The van der Waals surface area contributed by atoms with Crippen molar-refractivity contribution in [2.24, 2.45) is 0 Å². The van der Waals surface area contributed by atoms with E-state index < -0.39 is 22.1 Å². The Morgan fingerprint density at radius 2 is 2.11 bits per heavy atom. The number of sulfonamides is 1. The van der Waals surface area contributed by atoms with Crippen LogP contribution in [0.15, 0.2) is 22.7 Å². The quantitative estimate of drug-likeness (QED) is 0.802. The van der Waals surface area contributed by atoms with Crippen LogP contribution in [0, 0.1) is 13.8 Å². The van der Waals surface area contributed by atoms with Gasteiger partial charge in [0.05, 0.1) is 23.7 Å². The molecule has 8 nitrogen and oxygen atoms in total. The highest BCUT2D eigenvalue weighted by molar-refractivity contribution is 7.92. The van der Waals surface area contributed by atoms with Crippen LogP contribution in [-0.4, -0.2) is 43.1 Å². The Kier molecular flexibility index (Phi) is 5.14. The molecule has 1 unspecified atom stereocenters. The number of aliphatic carboxylic acids is 1. The number of aryl methyl sites for hydroxylation is 2. The smallest absolute Gasteiger partial charge is 0.346 e. The van der Waals surface area contributed by atoms with E-state index >= 15 is 0 Å². The fourth-order valence-corrected chi connectivity index (χ4v) is 4.81. The first-order chi connectivity index (χ1) is 12.7. The molecule has 2 heterocycles. The highest BCUT2D eigenvalue weighted by Gasteiger charge is 2.36. The summed E-state index contributed by atoms with van der Waals surface area (Å²) in [7, 11) is -3.68. The van der Waals surface area contributed by atoms with E-state index in [4.69, 9.17) is 9.26 Å². The minimum absolute atomic E-state index is 0.0508. The Morgan fingerprint density at radius 1 is 1.37 bits per heavy atom. The number of aromatic nitrogens is 1. The second-order valence-electron chi connectivity index (χ2n) is 6.53. The van der Waals surface area contributed by atoms with E-state index in [9.17, 15) is 18.3 Å². The Balaban J connectivity index is 2.11. The average molecular weight is 394 g/mol. The molecule has 1 aromatic carbocycles. The van der Waals surface area contributed by atoms with Crippen molar-refractivity contribution >= 4 is 21.7 Å². The zero-order valence-corrected chi connectivity index (χ0v) is 16.2. The molecule has 146 valence electrons. The summed E-state index contributed by atoms with van der Waals surface area (Å²) in [6.07, 6.45) is -0.0346.